The van der Waals surface area contributed by atoms with Gasteiger partial charge in [0.2, 0.25) is 0 Å². The molecule has 186 valence electrons. The van der Waals surface area contributed by atoms with Crippen molar-refractivity contribution >= 4 is 34.7 Å². The number of thiophene rings is 1. The van der Waals surface area contributed by atoms with Crippen LogP contribution >= 0.6 is 11.3 Å². The molecule has 1 amide bonds. The molecule has 0 saturated carbocycles. The van der Waals surface area contributed by atoms with Crippen molar-refractivity contribution in [1.82, 2.24) is 9.55 Å². The lowest BCUT2D eigenvalue weighted by Gasteiger charge is -2.24. The number of benzene rings is 1. The van der Waals surface area contributed by atoms with Crippen LogP contribution in [0.4, 0.5) is 11.5 Å². The average molecular weight is 499 g/mol. The summed E-state index contributed by atoms with van der Waals surface area (Å²) in [5, 5.41) is 1.79. The van der Waals surface area contributed by atoms with Crippen LogP contribution in [0, 0.1) is 6.92 Å². The van der Waals surface area contributed by atoms with Gasteiger partial charge in [0.1, 0.15) is 10.7 Å². The fraction of sp³-hybridized carbons (Fsp3) is 0.360. The molecule has 3 aromatic rings. The summed E-state index contributed by atoms with van der Waals surface area (Å²) >= 11 is 1.23. The van der Waals surface area contributed by atoms with E-state index in [1.165, 1.54) is 20.8 Å². The third-order valence-electron chi connectivity index (χ3n) is 5.51. The number of amides is 1. The number of carbonyl (C=O) groups excluding carboxylic acids is 2. The number of esters is 1. The Hall–Kier alpha value is -3.66. The van der Waals surface area contributed by atoms with Gasteiger partial charge in [0.05, 0.1) is 0 Å². The molecule has 0 bridgehead atoms. The molecule has 2 aromatic heterocycles. The fourth-order valence-corrected chi connectivity index (χ4v) is 4.47. The zero-order chi connectivity index (χ0) is 25.5. The van der Waals surface area contributed by atoms with E-state index in [1.54, 1.807) is 5.38 Å². The SMILES string of the molecule is CCCCN(C(=O)COC(=O)c1sccc1-c1ccc(C)cc1)c1c(N)n(CCC)c(=O)[nH]c1=O. The van der Waals surface area contributed by atoms with E-state index in [0.717, 1.165) is 23.1 Å². The van der Waals surface area contributed by atoms with Gasteiger partial charge in [0.15, 0.2) is 12.3 Å². The maximum absolute atomic E-state index is 13.1. The minimum absolute atomic E-state index is 0.0868. The number of nitrogens with two attached hydrogens (primary N) is 1. The van der Waals surface area contributed by atoms with Gasteiger partial charge in [-0.1, -0.05) is 50.1 Å². The molecule has 2 heterocycles. The highest BCUT2D eigenvalue weighted by molar-refractivity contribution is 7.12. The van der Waals surface area contributed by atoms with E-state index < -0.39 is 29.7 Å². The predicted octanol–water partition coefficient (Wildman–Crippen LogP) is 3.56. The monoisotopic (exact) mass is 498 g/mol. The summed E-state index contributed by atoms with van der Waals surface area (Å²) in [7, 11) is 0. The lowest BCUT2D eigenvalue weighted by atomic mass is 10.1. The number of nitrogen functional groups attached to an aromatic ring is 1. The zero-order valence-electron chi connectivity index (χ0n) is 20.1. The quantitative estimate of drug-likeness (QED) is 0.412. The van der Waals surface area contributed by atoms with Crippen LogP contribution in [0.25, 0.3) is 11.1 Å². The molecule has 0 unspecified atom stereocenters. The molecule has 35 heavy (non-hydrogen) atoms. The molecule has 0 radical (unpaired) electrons. The summed E-state index contributed by atoms with van der Waals surface area (Å²) in [6.45, 7) is 5.70. The number of nitrogens with zero attached hydrogens (tertiary/aromatic N) is 2. The third kappa shape index (κ3) is 5.89. The van der Waals surface area contributed by atoms with Crippen LogP contribution in [-0.2, 0) is 16.1 Å². The van der Waals surface area contributed by atoms with E-state index in [-0.39, 0.29) is 18.1 Å². The molecule has 0 fully saturated rings. The van der Waals surface area contributed by atoms with Crippen LogP contribution in [0.2, 0.25) is 0 Å². The molecule has 3 N–H and O–H groups in total. The van der Waals surface area contributed by atoms with Crippen LogP contribution < -0.4 is 21.9 Å². The minimum Gasteiger partial charge on any atom is -0.451 e. The first kappa shape index (κ1) is 26.0. The molecule has 3 rings (SSSR count). The summed E-state index contributed by atoms with van der Waals surface area (Å²) in [4.78, 5) is 54.6. The zero-order valence-corrected chi connectivity index (χ0v) is 20.9. The maximum atomic E-state index is 13.1. The first-order valence-corrected chi connectivity index (χ1v) is 12.4. The van der Waals surface area contributed by atoms with Crippen LogP contribution in [0.1, 0.15) is 48.3 Å². The van der Waals surface area contributed by atoms with Crippen LogP contribution in [0.3, 0.4) is 0 Å². The third-order valence-corrected chi connectivity index (χ3v) is 6.40. The Balaban J connectivity index is 1.84. The smallest absolute Gasteiger partial charge is 0.349 e. The molecule has 0 saturated heterocycles. The van der Waals surface area contributed by atoms with E-state index >= 15 is 0 Å². The number of ether oxygens (including phenoxy) is 1. The first-order chi connectivity index (χ1) is 16.8. The Labute approximate surface area is 207 Å². The fourth-order valence-electron chi connectivity index (χ4n) is 3.66. The highest BCUT2D eigenvalue weighted by atomic mass is 32.1. The second-order valence-electron chi connectivity index (χ2n) is 8.15. The number of hydrogen-bond acceptors (Lipinski definition) is 7. The Morgan fingerprint density at radius 1 is 1.11 bits per heavy atom. The number of unbranched alkanes of at least 4 members (excludes halogenated alkanes) is 1. The molecule has 0 atom stereocenters. The van der Waals surface area contributed by atoms with Gasteiger partial charge in [-0.15, -0.1) is 11.3 Å². The molecule has 0 aliphatic heterocycles. The number of aromatic nitrogens is 2. The van der Waals surface area contributed by atoms with Crippen molar-refractivity contribution in [3.63, 3.8) is 0 Å². The second-order valence-corrected chi connectivity index (χ2v) is 9.07. The number of anilines is 2. The van der Waals surface area contributed by atoms with Gasteiger partial charge in [0.25, 0.3) is 11.5 Å². The van der Waals surface area contributed by atoms with Crippen molar-refractivity contribution in [3.8, 4) is 11.1 Å². The van der Waals surface area contributed by atoms with Crippen LogP contribution in [-0.4, -0.2) is 34.6 Å². The van der Waals surface area contributed by atoms with Crippen molar-refractivity contribution in [3.05, 3.63) is 67.0 Å². The van der Waals surface area contributed by atoms with Crippen molar-refractivity contribution in [2.45, 2.75) is 46.6 Å². The van der Waals surface area contributed by atoms with Crippen LogP contribution in [0.5, 0.6) is 0 Å². The molecular formula is C25H30N4O5S. The standard InChI is InChI=1S/C25H30N4O5S/c1-4-6-13-28(20-22(26)29(12-5-2)25(33)27-23(20)31)19(30)15-34-24(32)21-18(11-14-35-21)17-9-7-16(3)8-10-17/h7-11,14H,4-6,12-13,15,26H2,1-3H3,(H,27,31,33). The summed E-state index contributed by atoms with van der Waals surface area (Å²) in [6, 6.07) is 9.59. The van der Waals surface area contributed by atoms with Crippen LogP contribution in [0.15, 0.2) is 45.3 Å². The second kappa shape index (κ2) is 11.7. The summed E-state index contributed by atoms with van der Waals surface area (Å²) in [5.41, 5.74) is 7.36. The number of hydrogen-bond donors (Lipinski definition) is 2. The Bertz CT molecular complexity index is 1310. The lowest BCUT2D eigenvalue weighted by Crippen LogP contribution is -2.43. The number of aromatic amines is 1. The largest absolute Gasteiger partial charge is 0.451 e. The van der Waals surface area contributed by atoms with Gasteiger partial charge >= 0.3 is 11.7 Å². The molecule has 10 heteroatoms. The highest BCUT2D eigenvalue weighted by Crippen LogP contribution is 2.29. The maximum Gasteiger partial charge on any atom is 0.349 e. The van der Waals surface area contributed by atoms with E-state index in [9.17, 15) is 19.2 Å². The summed E-state index contributed by atoms with van der Waals surface area (Å²) in [5.74, 6) is -1.31. The number of H-pyrrole nitrogens is 1. The number of rotatable bonds is 10. The Kier molecular flexibility index (Phi) is 8.64. The minimum atomic E-state index is -0.754. The Morgan fingerprint density at radius 3 is 2.49 bits per heavy atom. The highest BCUT2D eigenvalue weighted by Gasteiger charge is 2.25. The average Bonchev–Trinajstić information content (AvgIpc) is 3.32. The van der Waals surface area contributed by atoms with Gasteiger partial charge in [-0.05, 0) is 36.8 Å². The van der Waals surface area contributed by atoms with Gasteiger partial charge in [-0.3, -0.25) is 19.1 Å². The molecule has 0 aliphatic rings. The molecular weight excluding hydrogens is 468 g/mol. The molecule has 0 spiro atoms. The van der Waals surface area contributed by atoms with E-state index in [1.807, 2.05) is 51.1 Å². The van der Waals surface area contributed by atoms with Crippen molar-refractivity contribution in [2.24, 2.45) is 0 Å². The van der Waals surface area contributed by atoms with Crippen molar-refractivity contribution in [2.75, 3.05) is 23.8 Å². The van der Waals surface area contributed by atoms with Gasteiger partial charge in [-0.2, -0.15) is 0 Å². The molecule has 0 aliphatic carbocycles. The molecule has 9 nitrogen and oxygen atoms in total. The van der Waals surface area contributed by atoms with Gasteiger partial charge < -0.3 is 15.4 Å². The lowest BCUT2D eigenvalue weighted by molar-refractivity contribution is -0.121. The van der Waals surface area contributed by atoms with Crippen molar-refractivity contribution in [1.29, 1.82) is 0 Å². The van der Waals surface area contributed by atoms with E-state index in [2.05, 4.69) is 4.98 Å². The number of carbonyl (C=O) groups is 2. The molecule has 1 aromatic carbocycles. The summed E-state index contributed by atoms with van der Waals surface area (Å²) in [6.07, 6.45) is 1.96. The van der Waals surface area contributed by atoms with E-state index in [4.69, 9.17) is 10.5 Å². The van der Waals surface area contributed by atoms with E-state index in [0.29, 0.717) is 24.3 Å². The number of nitrogens with one attached hydrogen (secondary N) is 1. The van der Waals surface area contributed by atoms with Gasteiger partial charge in [0, 0.05) is 18.7 Å². The first-order valence-electron chi connectivity index (χ1n) is 11.5. The topological polar surface area (TPSA) is 127 Å². The summed E-state index contributed by atoms with van der Waals surface area (Å²) < 4.78 is 6.59. The normalized spacial score (nSPS) is 10.8. The van der Waals surface area contributed by atoms with Crippen molar-refractivity contribution < 1.29 is 14.3 Å². The number of aryl methyl sites for hydroxylation is 1. The van der Waals surface area contributed by atoms with Gasteiger partial charge in [-0.25, -0.2) is 9.59 Å². The Morgan fingerprint density at radius 2 is 1.83 bits per heavy atom. The predicted molar refractivity (Wildman–Crippen MR) is 138 cm³/mol.